The molecule has 0 N–H and O–H groups in total. The highest BCUT2D eigenvalue weighted by Gasteiger charge is 2.15. The highest BCUT2D eigenvalue weighted by atomic mass is 16.6. The highest BCUT2D eigenvalue weighted by Crippen LogP contribution is 2.23. The summed E-state index contributed by atoms with van der Waals surface area (Å²) in [5, 5.41) is 10.9. The van der Waals surface area contributed by atoms with Crippen molar-refractivity contribution in [3.8, 4) is 22.4 Å². The van der Waals surface area contributed by atoms with E-state index in [2.05, 4.69) is 29.2 Å². The van der Waals surface area contributed by atoms with Gasteiger partial charge in [-0.25, -0.2) is 4.57 Å². The molecule has 4 rings (SSSR count). The van der Waals surface area contributed by atoms with Crippen LogP contribution in [0.1, 0.15) is 10.4 Å². The van der Waals surface area contributed by atoms with E-state index in [1.165, 1.54) is 18.2 Å². The van der Waals surface area contributed by atoms with Crippen molar-refractivity contribution in [2.75, 3.05) is 0 Å². The molecular weight excluding hydrogens is 378 g/mol. The Hall–Kier alpha value is -4.19. The summed E-state index contributed by atoms with van der Waals surface area (Å²) in [4.78, 5) is 27.3. The monoisotopic (exact) mass is 396 g/mol. The van der Waals surface area contributed by atoms with Gasteiger partial charge in [-0.15, -0.1) is 0 Å². The van der Waals surface area contributed by atoms with Crippen molar-refractivity contribution in [2.24, 2.45) is 0 Å². The lowest BCUT2D eigenvalue weighted by molar-refractivity contribution is -0.686. The Kier molecular flexibility index (Phi) is 5.39. The van der Waals surface area contributed by atoms with Gasteiger partial charge in [0.05, 0.1) is 11.1 Å². The van der Waals surface area contributed by atoms with E-state index in [1.807, 2.05) is 36.4 Å². The lowest BCUT2D eigenvalue weighted by Gasteiger charge is -2.03. The fourth-order valence-electron chi connectivity index (χ4n) is 3.16. The zero-order chi connectivity index (χ0) is 20.9. The molecule has 1 aromatic heterocycles. The van der Waals surface area contributed by atoms with Crippen molar-refractivity contribution in [3.63, 3.8) is 0 Å². The number of aromatic nitrogens is 2. The summed E-state index contributed by atoms with van der Waals surface area (Å²) >= 11 is 0. The van der Waals surface area contributed by atoms with Crippen LogP contribution in [0.2, 0.25) is 0 Å². The molecule has 4 aromatic rings. The molecule has 0 fully saturated rings. The van der Waals surface area contributed by atoms with Gasteiger partial charge in [0, 0.05) is 29.3 Å². The van der Waals surface area contributed by atoms with Crippen LogP contribution in [0.5, 0.6) is 0 Å². The summed E-state index contributed by atoms with van der Waals surface area (Å²) in [5.74, 6) is -0.217. The number of Topliss-reactive ketones (excluding diaryl/α,β-unsaturated/α-hetero) is 1. The molecule has 0 atom stereocenters. The van der Waals surface area contributed by atoms with E-state index >= 15 is 0 Å². The molecule has 0 aliphatic carbocycles. The van der Waals surface area contributed by atoms with E-state index in [1.54, 1.807) is 23.2 Å². The Bertz CT molecular complexity index is 1190. The summed E-state index contributed by atoms with van der Waals surface area (Å²) in [6, 6.07) is 25.9. The molecule has 146 valence electrons. The first kappa shape index (κ1) is 19.1. The second kappa shape index (κ2) is 8.45. The molecule has 0 saturated heterocycles. The first-order valence-corrected chi connectivity index (χ1v) is 9.39. The number of benzene rings is 3. The number of nitro benzene ring substituents is 1. The molecular formula is C24H18N3O3+. The number of carbonyl (C=O) groups excluding carboxylic acids is 1. The van der Waals surface area contributed by atoms with Gasteiger partial charge in [-0.1, -0.05) is 54.6 Å². The molecule has 0 unspecified atom stereocenters. The maximum absolute atomic E-state index is 12.4. The molecule has 6 nitrogen and oxygen atoms in total. The van der Waals surface area contributed by atoms with Crippen LogP contribution < -0.4 is 4.57 Å². The zero-order valence-electron chi connectivity index (χ0n) is 16.0. The third-order valence-electron chi connectivity index (χ3n) is 4.76. The molecule has 0 aliphatic heterocycles. The van der Waals surface area contributed by atoms with Crippen molar-refractivity contribution < 1.29 is 14.3 Å². The van der Waals surface area contributed by atoms with Crippen molar-refractivity contribution in [3.05, 3.63) is 113 Å². The van der Waals surface area contributed by atoms with Crippen LogP contribution in [-0.2, 0) is 6.54 Å². The third-order valence-corrected chi connectivity index (χ3v) is 4.76. The smallest absolute Gasteiger partial charge is 0.287 e. The predicted molar refractivity (Wildman–Crippen MR) is 113 cm³/mol. The quantitative estimate of drug-likeness (QED) is 0.208. The van der Waals surface area contributed by atoms with Crippen molar-refractivity contribution in [2.45, 2.75) is 6.54 Å². The minimum absolute atomic E-state index is 0.0569. The SMILES string of the molecule is O=C(C[n+]1ccc(-c2ccc(-c3ccccc3)cc2)nc1)c1cccc([N+](=O)[O-])c1. The van der Waals surface area contributed by atoms with Crippen molar-refractivity contribution in [1.29, 1.82) is 0 Å². The van der Waals surface area contributed by atoms with Crippen LogP contribution in [0.15, 0.2) is 97.5 Å². The largest absolute Gasteiger partial charge is 0.290 e. The van der Waals surface area contributed by atoms with Crippen LogP contribution in [-0.4, -0.2) is 15.7 Å². The highest BCUT2D eigenvalue weighted by molar-refractivity contribution is 5.95. The van der Waals surface area contributed by atoms with Crippen molar-refractivity contribution >= 4 is 11.5 Å². The van der Waals surface area contributed by atoms with E-state index in [9.17, 15) is 14.9 Å². The zero-order valence-corrected chi connectivity index (χ0v) is 16.0. The van der Waals surface area contributed by atoms with Crippen LogP contribution in [0.25, 0.3) is 22.4 Å². The van der Waals surface area contributed by atoms with E-state index < -0.39 is 4.92 Å². The topological polar surface area (TPSA) is 77.0 Å². The van der Waals surface area contributed by atoms with Gasteiger partial charge in [0.1, 0.15) is 0 Å². The summed E-state index contributed by atoms with van der Waals surface area (Å²) < 4.78 is 1.66. The number of non-ortho nitro benzene ring substituents is 1. The number of nitro groups is 1. The molecule has 0 amide bonds. The fourth-order valence-corrected chi connectivity index (χ4v) is 3.16. The van der Waals surface area contributed by atoms with Gasteiger partial charge in [-0.3, -0.25) is 14.9 Å². The second-order valence-corrected chi connectivity index (χ2v) is 6.79. The Morgan fingerprint density at radius 3 is 2.23 bits per heavy atom. The number of rotatable bonds is 6. The van der Waals surface area contributed by atoms with Gasteiger partial charge in [0.25, 0.3) is 12.0 Å². The minimum Gasteiger partial charge on any atom is -0.290 e. The molecule has 0 radical (unpaired) electrons. The number of hydrogen-bond acceptors (Lipinski definition) is 4. The molecule has 0 saturated carbocycles. The lowest BCUT2D eigenvalue weighted by Crippen LogP contribution is -2.37. The number of ketones is 1. The fraction of sp³-hybridized carbons (Fsp3) is 0.0417. The third kappa shape index (κ3) is 4.28. The Morgan fingerprint density at radius 2 is 1.57 bits per heavy atom. The molecule has 3 aromatic carbocycles. The van der Waals surface area contributed by atoms with E-state index in [0.29, 0.717) is 5.56 Å². The molecule has 1 heterocycles. The predicted octanol–water partition coefficient (Wildman–Crippen LogP) is 4.49. The maximum atomic E-state index is 12.4. The van der Waals surface area contributed by atoms with Crippen molar-refractivity contribution in [1.82, 2.24) is 4.98 Å². The summed E-state index contributed by atoms with van der Waals surface area (Å²) in [6.45, 7) is 0.0569. The standard InChI is InChI=1S/C24H18N3O3/c28-24(21-7-4-8-22(15-21)27(29)30)16-26-14-13-23(25-17-26)20-11-9-19(10-12-20)18-5-2-1-3-6-18/h1-15,17H,16H2/q+1. The summed E-state index contributed by atoms with van der Waals surface area (Å²) in [5.41, 5.74) is 4.27. The minimum atomic E-state index is -0.511. The van der Waals surface area contributed by atoms with E-state index in [-0.39, 0.29) is 18.0 Å². The molecule has 30 heavy (non-hydrogen) atoms. The van der Waals surface area contributed by atoms with Gasteiger partial charge in [-0.05, 0) is 28.2 Å². The first-order chi connectivity index (χ1) is 14.6. The van der Waals surface area contributed by atoms with Crippen LogP contribution in [0, 0.1) is 10.1 Å². The lowest BCUT2D eigenvalue weighted by atomic mass is 10.0. The molecule has 0 spiro atoms. The average Bonchev–Trinajstić information content (AvgIpc) is 2.80. The molecule has 6 heteroatoms. The maximum Gasteiger partial charge on any atom is 0.287 e. The Morgan fingerprint density at radius 1 is 0.867 bits per heavy atom. The summed E-state index contributed by atoms with van der Waals surface area (Å²) in [7, 11) is 0. The van der Waals surface area contributed by atoms with E-state index in [0.717, 1.165) is 22.4 Å². The van der Waals surface area contributed by atoms with Gasteiger partial charge in [-0.2, -0.15) is 0 Å². The average molecular weight is 396 g/mol. The normalized spacial score (nSPS) is 10.5. The van der Waals surface area contributed by atoms with Gasteiger partial charge < -0.3 is 0 Å². The second-order valence-electron chi connectivity index (χ2n) is 6.79. The van der Waals surface area contributed by atoms with Crippen LogP contribution in [0.4, 0.5) is 5.69 Å². The number of nitrogens with zero attached hydrogens (tertiary/aromatic N) is 3. The summed E-state index contributed by atoms with van der Waals surface area (Å²) in [6.07, 6.45) is 3.37. The Labute approximate surface area is 173 Å². The molecule has 0 aliphatic rings. The van der Waals surface area contributed by atoms with Crippen LogP contribution in [0.3, 0.4) is 0 Å². The number of hydrogen-bond donors (Lipinski definition) is 0. The Balaban J connectivity index is 1.47. The number of carbonyl (C=O) groups is 1. The van der Waals surface area contributed by atoms with Gasteiger partial charge in [0.15, 0.2) is 12.2 Å². The first-order valence-electron chi connectivity index (χ1n) is 9.39. The van der Waals surface area contributed by atoms with Crippen LogP contribution >= 0.6 is 0 Å². The van der Waals surface area contributed by atoms with Gasteiger partial charge >= 0.3 is 0 Å². The molecule has 0 bridgehead atoms. The van der Waals surface area contributed by atoms with E-state index in [4.69, 9.17) is 0 Å². The van der Waals surface area contributed by atoms with Gasteiger partial charge in [0.2, 0.25) is 5.78 Å².